The van der Waals surface area contributed by atoms with Gasteiger partial charge in [-0.15, -0.1) is 0 Å². The minimum absolute atomic E-state index is 0.0188. The summed E-state index contributed by atoms with van der Waals surface area (Å²) in [6.45, 7) is 3.26. The standard InChI is InChI=1S/C14H20N2O2/c1-10(17)6-8-16(2)14(18)12-3-4-13-11(9-12)5-7-15-13/h3-4,9-10,15,17H,5-8H2,1-2H3. The van der Waals surface area contributed by atoms with Gasteiger partial charge in [0.25, 0.3) is 5.91 Å². The minimum Gasteiger partial charge on any atom is -0.393 e. The molecule has 1 amide bonds. The summed E-state index contributed by atoms with van der Waals surface area (Å²) < 4.78 is 0. The normalized spacial score (nSPS) is 14.8. The third kappa shape index (κ3) is 2.82. The fraction of sp³-hybridized carbons (Fsp3) is 0.500. The molecule has 0 bridgehead atoms. The van der Waals surface area contributed by atoms with E-state index < -0.39 is 0 Å². The molecule has 0 spiro atoms. The van der Waals surface area contributed by atoms with Gasteiger partial charge in [-0.1, -0.05) is 0 Å². The molecule has 1 heterocycles. The lowest BCUT2D eigenvalue weighted by Gasteiger charge is -2.18. The van der Waals surface area contributed by atoms with Gasteiger partial charge in [-0.05, 0) is 43.5 Å². The van der Waals surface area contributed by atoms with Crippen molar-refractivity contribution in [3.8, 4) is 0 Å². The molecule has 0 saturated carbocycles. The van der Waals surface area contributed by atoms with Crippen molar-refractivity contribution >= 4 is 11.6 Å². The summed E-state index contributed by atoms with van der Waals surface area (Å²) in [7, 11) is 1.77. The summed E-state index contributed by atoms with van der Waals surface area (Å²) >= 11 is 0. The van der Waals surface area contributed by atoms with Gasteiger partial charge in [-0.25, -0.2) is 0 Å². The maximum absolute atomic E-state index is 12.2. The lowest BCUT2D eigenvalue weighted by molar-refractivity contribution is 0.0769. The molecule has 1 aromatic carbocycles. The number of anilines is 1. The third-order valence-corrected chi connectivity index (χ3v) is 3.29. The number of hydrogen-bond donors (Lipinski definition) is 2. The molecule has 2 rings (SSSR count). The number of carbonyl (C=O) groups excluding carboxylic acids is 1. The largest absolute Gasteiger partial charge is 0.393 e. The molecule has 1 atom stereocenters. The van der Waals surface area contributed by atoms with Crippen molar-refractivity contribution < 1.29 is 9.90 Å². The highest BCUT2D eigenvalue weighted by Gasteiger charge is 2.16. The molecular formula is C14H20N2O2. The van der Waals surface area contributed by atoms with Gasteiger partial charge in [0.1, 0.15) is 0 Å². The number of nitrogens with zero attached hydrogens (tertiary/aromatic N) is 1. The van der Waals surface area contributed by atoms with Crippen molar-refractivity contribution in [3.63, 3.8) is 0 Å². The van der Waals surface area contributed by atoms with Crippen molar-refractivity contribution in [1.29, 1.82) is 0 Å². The van der Waals surface area contributed by atoms with Gasteiger partial charge >= 0.3 is 0 Å². The zero-order valence-corrected chi connectivity index (χ0v) is 10.9. The lowest BCUT2D eigenvalue weighted by atomic mass is 10.1. The van der Waals surface area contributed by atoms with Gasteiger partial charge in [-0.2, -0.15) is 0 Å². The number of benzene rings is 1. The van der Waals surface area contributed by atoms with E-state index in [4.69, 9.17) is 0 Å². The van der Waals surface area contributed by atoms with Crippen LogP contribution in [0.4, 0.5) is 5.69 Å². The van der Waals surface area contributed by atoms with Crippen LogP contribution in [0, 0.1) is 0 Å². The summed E-state index contributed by atoms with van der Waals surface area (Å²) in [4.78, 5) is 13.8. The quantitative estimate of drug-likeness (QED) is 0.849. The van der Waals surface area contributed by atoms with Gasteiger partial charge in [-0.3, -0.25) is 4.79 Å². The number of fused-ring (bicyclic) bond motifs is 1. The highest BCUT2D eigenvalue weighted by molar-refractivity contribution is 5.94. The van der Waals surface area contributed by atoms with E-state index in [9.17, 15) is 9.90 Å². The Kier molecular flexibility index (Phi) is 3.87. The number of aliphatic hydroxyl groups excluding tert-OH is 1. The molecule has 4 heteroatoms. The van der Waals surface area contributed by atoms with E-state index >= 15 is 0 Å². The van der Waals surface area contributed by atoms with Crippen LogP contribution in [0.5, 0.6) is 0 Å². The van der Waals surface area contributed by atoms with Crippen LogP contribution >= 0.6 is 0 Å². The van der Waals surface area contributed by atoms with Crippen LogP contribution in [-0.4, -0.2) is 42.2 Å². The van der Waals surface area contributed by atoms with E-state index in [0.29, 0.717) is 13.0 Å². The van der Waals surface area contributed by atoms with E-state index in [1.807, 2.05) is 18.2 Å². The molecule has 1 unspecified atom stereocenters. The second kappa shape index (κ2) is 5.40. The van der Waals surface area contributed by atoms with Gasteiger partial charge in [0.05, 0.1) is 6.10 Å². The smallest absolute Gasteiger partial charge is 0.253 e. The van der Waals surface area contributed by atoms with Crippen LogP contribution in [0.3, 0.4) is 0 Å². The number of aliphatic hydroxyl groups is 1. The monoisotopic (exact) mass is 248 g/mol. The first-order valence-electron chi connectivity index (χ1n) is 6.38. The molecule has 1 aromatic rings. The van der Waals surface area contributed by atoms with Crippen molar-refractivity contribution in [3.05, 3.63) is 29.3 Å². The van der Waals surface area contributed by atoms with E-state index in [-0.39, 0.29) is 12.0 Å². The van der Waals surface area contributed by atoms with Crippen molar-refractivity contribution in [2.75, 3.05) is 25.5 Å². The number of carbonyl (C=O) groups is 1. The molecule has 1 aliphatic rings. The van der Waals surface area contributed by atoms with Crippen LogP contribution < -0.4 is 5.32 Å². The summed E-state index contributed by atoms with van der Waals surface area (Å²) in [6.07, 6.45) is 1.22. The lowest BCUT2D eigenvalue weighted by Crippen LogP contribution is -2.29. The number of rotatable bonds is 4. The summed E-state index contributed by atoms with van der Waals surface area (Å²) in [5.74, 6) is 0.0188. The van der Waals surface area contributed by atoms with Crippen LogP contribution in [-0.2, 0) is 6.42 Å². The van der Waals surface area contributed by atoms with Crippen molar-refractivity contribution in [2.45, 2.75) is 25.9 Å². The zero-order chi connectivity index (χ0) is 13.1. The predicted molar refractivity (Wildman–Crippen MR) is 71.9 cm³/mol. The van der Waals surface area contributed by atoms with E-state index in [1.165, 1.54) is 5.56 Å². The Hall–Kier alpha value is -1.55. The summed E-state index contributed by atoms with van der Waals surface area (Å²) in [5.41, 5.74) is 3.08. The first-order chi connectivity index (χ1) is 8.58. The van der Waals surface area contributed by atoms with E-state index in [0.717, 1.165) is 24.2 Å². The van der Waals surface area contributed by atoms with Crippen LogP contribution in [0.15, 0.2) is 18.2 Å². The molecule has 0 aromatic heterocycles. The highest BCUT2D eigenvalue weighted by Crippen LogP contribution is 2.23. The zero-order valence-electron chi connectivity index (χ0n) is 10.9. The Morgan fingerprint density at radius 1 is 1.56 bits per heavy atom. The molecule has 1 aliphatic heterocycles. The molecule has 98 valence electrons. The number of amides is 1. The third-order valence-electron chi connectivity index (χ3n) is 3.29. The van der Waals surface area contributed by atoms with Crippen molar-refractivity contribution in [2.24, 2.45) is 0 Å². The maximum Gasteiger partial charge on any atom is 0.253 e. The summed E-state index contributed by atoms with van der Waals surface area (Å²) in [5, 5.41) is 12.5. The van der Waals surface area contributed by atoms with E-state index in [1.54, 1.807) is 18.9 Å². The first-order valence-corrected chi connectivity index (χ1v) is 6.38. The number of nitrogens with one attached hydrogen (secondary N) is 1. The van der Waals surface area contributed by atoms with Gasteiger partial charge in [0.2, 0.25) is 0 Å². The Morgan fingerprint density at radius 2 is 2.33 bits per heavy atom. The van der Waals surface area contributed by atoms with E-state index in [2.05, 4.69) is 5.32 Å². The maximum atomic E-state index is 12.2. The SMILES string of the molecule is CC(O)CCN(C)C(=O)c1ccc2c(c1)CCN2. The molecule has 18 heavy (non-hydrogen) atoms. The van der Waals surface area contributed by atoms with Crippen molar-refractivity contribution in [1.82, 2.24) is 4.90 Å². The van der Waals surface area contributed by atoms with Crippen LogP contribution in [0.25, 0.3) is 0 Å². The molecule has 0 saturated heterocycles. The Balaban J connectivity index is 2.04. The Labute approximate surface area is 108 Å². The minimum atomic E-state index is -0.371. The Morgan fingerprint density at radius 3 is 3.06 bits per heavy atom. The highest BCUT2D eigenvalue weighted by atomic mass is 16.3. The fourth-order valence-electron chi connectivity index (χ4n) is 2.14. The molecule has 0 fully saturated rings. The molecule has 4 nitrogen and oxygen atoms in total. The topological polar surface area (TPSA) is 52.6 Å². The second-order valence-electron chi connectivity index (χ2n) is 4.91. The molecule has 0 radical (unpaired) electrons. The molecule has 0 aliphatic carbocycles. The average molecular weight is 248 g/mol. The Bertz CT molecular complexity index is 443. The fourth-order valence-corrected chi connectivity index (χ4v) is 2.14. The van der Waals surface area contributed by atoms with Gasteiger partial charge < -0.3 is 15.3 Å². The van der Waals surface area contributed by atoms with Crippen LogP contribution in [0.1, 0.15) is 29.3 Å². The first kappa shape index (κ1) is 12.9. The molecule has 2 N–H and O–H groups in total. The predicted octanol–water partition coefficient (Wildman–Crippen LogP) is 1.50. The molecular weight excluding hydrogens is 228 g/mol. The second-order valence-corrected chi connectivity index (χ2v) is 4.91. The van der Waals surface area contributed by atoms with Gasteiger partial charge in [0.15, 0.2) is 0 Å². The summed E-state index contributed by atoms with van der Waals surface area (Å²) in [6, 6.07) is 5.80. The average Bonchev–Trinajstić information content (AvgIpc) is 2.81. The van der Waals surface area contributed by atoms with Gasteiger partial charge in [0, 0.05) is 31.4 Å². The van der Waals surface area contributed by atoms with Crippen LogP contribution in [0.2, 0.25) is 0 Å². The number of hydrogen-bond acceptors (Lipinski definition) is 3.